The van der Waals surface area contributed by atoms with Gasteiger partial charge in [-0.2, -0.15) is 0 Å². The first-order chi connectivity index (χ1) is 12.2. The standard InChI is InChI=1S/C19H22N2O3S/c1-24-15-9-7-14(8-10-15)13-20-18(22)16-5-2-3-11-21(16)19(23)17-6-4-12-25-17/h4,6-10,12,16H,2-3,5,11,13H2,1H3,(H,20,22)/t16-/m1/s1. The first kappa shape index (κ1) is 17.5. The minimum absolute atomic E-state index is 0.0423. The highest BCUT2D eigenvalue weighted by Gasteiger charge is 2.32. The molecule has 1 atom stereocenters. The molecule has 1 saturated heterocycles. The van der Waals surface area contributed by atoms with Crippen molar-refractivity contribution in [2.24, 2.45) is 0 Å². The molecule has 0 spiro atoms. The average molecular weight is 358 g/mol. The van der Waals surface area contributed by atoms with Crippen molar-refractivity contribution in [2.45, 2.75) is 31.8 Å². The van der Waals surface area contributed by atoms with Crippen LogP contribution in [-0.2, 0) is 11.3 Å². The van der Waals surface area contributed by atoms with Gasteiger partial charge in [0.25, 0.3) is 5.91 Å². The molecule has 132 valence electrons. The predicted octanol–water partition coefficient (Wildman–Crippen LogP) is 3.07. The molecule has 1 aromatic heterocycles. The molecule has 5 nitrogen and oxygen atoms in total. The molecular weight excluding hydrogens is 336 g/mol. The molecule has 0 unspecified atom stereocenters. The summed E-state index contributed by atoms with van der Waals surface area (Å²) >= 11 is 1.42. The zero-order valence-corrected chi connectivity index (χ0v) is 15.1. The van der Waals surface area contributed by atoms with Gasteiger partial charge in [-0.05, 0) is 48.4 Å². The molecule has 2 amide bonds. The van der Waals surface area contributed by atoms with Crippen LogP contribution in [0.5, 0.6) is 5.75 Å². The Bertz CT molecular complexity index is 713. The summed E-state index contributed by atoms with van der Waals surface area (Å²) in [7, 11) is 1.62. The maximum absolute atomic E-state index is 12.7. The Balaban J connectivity index is 1.63. The van der Waals surface area contributed by atoms with Crippen LogP contribution >= 0.6 is 11.3 Å². The molecule has 25 heavy (non-hydrogen) atoms. The van der Waals surface area contributed by atoms with Gasteiger partial charge in [0.15, 0.2) is 0 Å². The van der Waals surface area contributed by atoms with E-state index in [-0.39, 0.29) is 17.9 Å². The Kier molecular flexibility index (Phi) is 5.71. The minimum Gasteiger partial charge on any atom is -0.497 e. The Morgan fingerprint density at radius 2 is 2.04 bits per heavy atom. The van der Waals surface area contributed by atoms with Gasteiger partial charge in [0.05, 0.1) is 12.0 Å². The molecule has 1 aliphatic rings. The van der Waals surface area contributed by atoms with Crippen LogP contribution in [0.25, 0.3) is 0 Å². The van der Waals surface area contributed by atoms with Gasteiger partial charge in [0.1, 0.15) is 11.8 Å². The van der Waals surface area contributed by atoms with Crippen molar-refractivity contribution >= 4 is 23.2 Å². The highest BCUT2D eigenvalue weighted by Crippen LogP contribution is 2.22. The van der Waals surface area contributed by atoms with Crippen LogP contribution in [-0.4, -0.2) is 36.4 Å². The molecule has 1 N–H and O–H groups in total. The van der Waals surface area contributed by atoms with E-state index in [2.05, 4.69) is 5.32 Å². The number of hydrogen-bond acceptors (Lipinski definition) is 4. The van der Waals surface area contributed by atoms with E-state index in [0.29, 0.717) is 24.4 Å². The van der Waals surface area contributed by atoms with Crippen molar-refractivity contribution in [1.29, 1.82) is 0 Å². The number of rotatable bonds is 5. The topological polar surface area (TPSA) is 58.6 Å². The predicted molar refractivity (Wildman–Crippen MR) is 97.8 cm³/mol. The average Bonchev–Trinajstić information content (AvgIpc) is 3.20. The highest BCUT2D eigenvalue weighted by molar-refractivity contribution is 7.12. The van der Waals surface area contributed by atoms with E-state index in [0.717, 1.165) is 24.2 Å². The fourth-order valence-corrected chi connectivity index (χ4v) is 3.72. The summed E-state index contributed by atoms with van der Waals surface area (Å²) in [6.07, 6.45) is 2.62. The number of hydrogen-bond donors (Lipinski definition) is 1. The largest absolute Gasteiger partial charge is 0.497 e. The molecule has 0 saturated carbocycles. The van der Waals surface area contributed by atoms with E-state index in [9.17, 15) is 9.59 Å². The lowest BCUT2D eigenvalue weighted by atomic mass is 10.0. The van der Waals surface area contributed by atoms with Gasteiger partial charge >= 0.3 is 0 Å². The molecule has 2 heterocycles. The molecule has 1 aliphatic heterocycles. The van der Waals surface area contributed by atoms with E-state index in [4.69, 9.17) is 4.74 Å². The Morgan fingerprint density at radius 3 is 2.72 bits per heavy atom. The van der Waals surface area contributed by atoms with Gasteiger partial charge in [-0.3, -0.25) is 9.59 Å². The third kappa shape index (κ3) is 4.20. The Morgan fingerprint density at radius 1 is 1.24 bits per heavy atom. The third-order valence-corrected chi connectivity index (χ3v) is 5.28. The molecule has 0 aliphatic carbocycles. The van der Waals surface area contributed by atoms with Crippen molar-refractivity contribution in [3.63, 3.8) is 0 Å². The fraction of sp³-hybridized carbons (Fsp3) is 0.368. The van der Waals surface area contributed by atoms with Gasteiger partial charge < -0.3 is 15.0 Å². The van der Waals surface area contributed by atoms with Gasteiger partial charge in [-0.25, -0.2) is 0 Å². The van der Waals surface area contributed by atoms with Crippen LogP contribution < -0.4 is 10.1 Å². The Hall–Kier alpha value is -2.34. The highest BCUT2D eigenvalue weighted by atomic mass is 32.1. The zero-order valence-electron chi connectivity index (χ0n) is 14.2. The summed E-state index contributed by atoms with van der Waals surface area (Å²) in [6.45, 7) is 1.08. The quantitative estimate of drug-likeness (QED) is 0.894. The molecule has 1 fully saturated rings. The summed E-state index contributed by atoms with van der Waals surface area (Å²) in [5, 5.41) is 4.85. The van der Waals surface area contributed by atoms with Crippen LogP contribution in [0.1, 0.15) is 34.5 Å². The van der Waals surface area contributed by atoms with E-state index in [1.807, 2.05) is 41.8 Å². The zero-order chi connectivity index (χ0) is 17.6. The summed E-state index contributed by atoms with van der Waals surface area (Å²) in [5.41, 5.74) is 1.00. The van der Waals surface area contributed by atoms with E-state index < -0.39 is 0 Å². The number of carbonyl (C=O) groups excluding carboxylic acids is 2. The number of methoxy groups -OCH3 is 1. The summed E-state index contributed by atoms with van der Waals surface area (Å²) in [4.78, 5) is 27.7. The first-order valence-electron chi connectivity index (χ1n) is 8.44. The molecular formula is C19H22N2O3S. The number of carbonyl (C=O) groups is 2. The minimum atomic E-state index is -0.387. The Labute approximate surface area is 151 Å². The molecule has 0 bridgehead atoms. The van der Waals surface area contributed by atoms with Crippen LogP contribution in [0, 0.1) is 0 Å². The van der Waals surface area contributed by atoms with Gasteiger partial charge in [-0.1, -0.05) is 18.2 Å². The van der Waals surface area contributed by atoms with E-state index >= 15 is 0 Å². The lowest BCUT2D eigenvalue weighted by Gasteiger charge is -2.34. The maximum Gasteiger partial charge on any atom is 0.264 e. The lowest BCUT2D eigenvalue weighted by Crippen LogP contribution is -2.51. The summed E-state index contributed by atoms with van der Waals surface area (Å²) in [6, 6.07) is 10.9. The summed E-state index contributed by atoms with van der Waals surface area (Å²) < 4.78 is 5.14. The van der Waals surface area contributed by atoms with E-state index in [1.165, 1.54) is 11.3 Å². The SMILES string of the molecule is COc1ccc(CNC(=O)[C@H]2CCCCN2C(=O)c2cccs2)cc1. The third-order valence-electron chi connectivity index (χ3n) is 4.42. The smallest absolute Gasteiger partial charge is 0.264 e. The van der Waals surface area contributed by atoms with Gasteiger partial charge in [0.2, 0.25) is 5.91 Å². The van der Waals surface area contributed by atoms with Crippen LogP contribution in [0.4, 0.5) is 0 Å². The van der Waals surface area contributed by atoms with Crippen LogP contribution in [0.2, 0.25) is 0 Å². The number of nitrogens with zero attached hydrogens (tertiary/aromatic N) is 1. The monoisotopic (exact) mass is 358 g/mol. The van der Waals surface area contributed by atoms with Gasteiger partial charge in [-0.15, -0.1) is 11.3 Å². The summed E-state index contributed by atoms with van der Waals surface area (Å²) in [5.74, 6) is 0.662. The molecule has 0 radical (unpaired) electrons. The van der Waals surface area contributed by atoms with Crippen LogP contribution in [0.15, 0.2) is 41.8 Å². The van der Waals surface area contributed by atoms with Crippen molar-refractivity contribution in [3.8, 4) is 5.75 Å². The normalized spacial score (nSPS) is 17.2. The second-order valence-corrected chi connectivity index (χ2v) is 7.00. The van der Waals surface area contributed by atoms with Gasteiger partial charge in [0, 0.05) is 13.1 Å². The molecule has 1 aromatic carbocycles. The second kappa shape index (κ2) is 8.16. The molecule has 2 aromatic rings. The first-order valence-corrected chi connectivity index (χ1v) is 9.32. The molecule has 6 heteroatoms. The van der Waals surface area contributed by atoms with Crippen molar-refractivity contribution < 1.29 is 14.3 Å². The number of benzene rings is 1. The van der Waals surface area contributed by atoms with Crippen molar-refractivity contribution in [2.75, 3.05) is 13.7 Å². The second-order valence-electron chi connectivity index (χ2n) is 6.05. The fourth-order valence-electron chi connectivity index (χ4n) is 3.04. The number of thiophene rings is 1. The van der Waals surface area contributed by atoms with E-state index in [1.54, 1.807) is 12.0 Å². The number of piperidine rings is 1. The van der Waals surface area contributed by atoms with Crippen LogP contribution in [0.3, 0.4) is 0 Å². The van der Waals surface area contributed by atoms with Crippen molar-refractivity contribution in [3.05, 3.63) is 52.2 Å². The maximum atomic E-state index is 12.7. The number of likely N-dealkylation sites (tertiary alicyclic amines) is 1. The number of amides is 2. The van der Waals surface area contributed by atoms with Crippen molar-refractivity contribution in [1.82, 2.24) is 10.2 Å². The number of nitrogens with one attached hydrogen (secondary N) is 1. The molecule has 3 rings (SSSR count). The lowest BCUT2D eigenvalue weighted by molar-refractivity contribution is -0.126. The number of ether oxygens (including phenoxy) is 1.